The number of methoxy groups -OCH3 is 2. The van der Waals surface area contributed by atoms with Crippen LogP contribution in [0, 0.1) is 5.92 Å². The van der Waals surface area contributed by atoms with Gasteiger partial charge in [0.1, 0.15) is 11.2 Å². The van der Waals surface area contributed by atoms with E-state index in [9.17, 15) is 4.79 Å². The molecule has 1 aliphatic carbocycles. The van der Waals surface area contributed by atoms with Gasteiger partial charge in [-0.25, -0.2) is 14.8 Å². The molecule has 0 bridgehead atoms. The summed E-state index contributed by atoms with van der Waals surface area (Å²) >= 11 is 1.72. The quantitative estimate of drug-likeness (QED) is 0.621. The molecule has 2 heterocycles. The number of esters is 1. The van der Waals surface area contributed by atoms with Crippen molar-refractivity contribution in [3.63, 3.8) is 0 Å². The summed E-state index contributed by atoms with van der Waals surface area (Å²) in [7, 11) is 2.88. The second-order valence-electron chi connectivity index (χ2n) is 6.67. The van der Waals surface area contributed by atoms with Crippen molar-refractivity contribution in [2.45, 2.75) is 26.2 Å². The Morgan fingerprint density at radius 3 is 2.85 bits per heavy atom. The van der Waals surface area contributed by atoms with Crippen molar-refractivity contribution in [3.05, 3.63) is 40.5 Å². The first kappa shape index (κ1) is 17.7. The Balaban J connectivity index is 1.75. The Kier molecular flexibility index (Phi) is 4.70. The summed E-state index contributed by atoms with van der Waals surface area (Å²) in [5.74, 6) is 1.73. The van der Waals surface area contributed by atoms with Gasteiger partial charge in [-0.1, -0.05) is 6.92 Å². The molecule has 2 aromatic heterocycles. The topological polar surface area (TPSA) is 70.5 Å². The molecular weight excluding hydrogens is 364 g/mol. The van der Waals surface area contributed by atoms with Gasteiger partial charge >= 0.3 is 5.97 Å². The average Bonchev–Trinajstić information content (AvgIpc) is 3.06. The molecule has 6 nitrogen and oxygen atoms in total. The Morgan fingerprint density at radius 2 is 2.07 bits per heavy atom. The maximum atomic E-state index is 11.7. The van der Waals surface area contributed by atoms with Crippen molar-refractivity contribution in [1.82, 2.24) is 9.97 Å². The average molecular weight is 384 g/mol. The number of carbonyl (C=O) groups excluding carboxylic acids is 1. The van der Waals surface area contributed by atoms with Crippen molar-refractivity contribution in [1.29, 1.82) is 0 Å². The van der Waals surface area contributed by atoms with Gasteiger partial charge in [0, 0.05) is 4.88 Å². The van der Waals surface area contributed by atoms with Gasteiger partial charge in [0.2, 0.25) is 5.88 Å². The zero-order valence-corrected chi connectivity index (χ0v) is 16.3. The molecule has 0 radical (unpaired) electrons. The number of fused-ring (bicyclic) bond motifs is 3. The third kappa shape index (κ3) is 3.23. The smallest absolute Gasteiger partial charge is 0.337 e. The highest BCUT2D eigenvalue weighted by Crippen LogP contribution is 2.42. The van der Waals surface area contributed by atoms with Crippen LogP contribution in [0.25, 0.3) is 10.2 Å². The number of aryl methyl sites for hydroxylation is 1. The Hall–Kier alpha value is -2.67. The Labute approximate surface area is 161 Å². The predicted octanol–water partition coefficient (Wildman–Crippen LogP) is 4.40. The van der Waals surface area contributed by atoms with Crippen molar-refractivity contribution < 1.29 is 19.0 Å². The molecule has 0 unspecified atom stereocenters. The summed E-state index contributed by atoms with van der Waals surface area (Å²) in [5.41, 5.74) is 1.70. The third-order valence-electron chi connectivity index (χ3n) is 4.85. The fourth-order valence-electron chi connectivity index (χ4n) is 3.42. The van der Waals surface area contributed by atoms with Gasteiger partial charge in [0.25, 0.3) is 0 Å². The SMILES string of the molecule is COC(=O)c1ccc(Oc2ncnc3sc4c(c23)CC[C@@H](C)C4)c(OC)c1. The minimum atomic E-state index is -0.426. The fourth-order valence-corrected chi connectivity index (χ4v) is 4.77. The van der Waals surface area contributed by atoms with Crippen LogP contribution in [0.15, 0.2) is 24.5 Å². The molecule has 27 heavy (non-hydrogen) atoms. The highest BCUT2D eigenvalue weighted by atomic mass is 32.1. The van der Waals surface area contributed by atoms with E-state index in [2.05, 4.69) is 16.9 Å². The van der Waals surface area contributed by atoms with Crippen LogP contribution >= 0.6 is 11.3 Å². The number of hydrogen-bond acceptors (Lipinski definition) is 7. The summed E-state index contributed by atoms with van der Waals surface area (Å²) in [5, 5.41) is 0.989. The summed E-state index contributed by atoms with van der Waals surface area (Å²) in [6.07, 6.45) is 4.77. The second-order valence-corrected chi connectivity index (χ2v) is 7.75. The first-order valence-electron chi connectivity index (χ1n) is 8.80. The number of thiophene rings is 1. The van der Waals surface area contributed by atoms with E-state index in [0.29, 0.717) is 28.9 Å². The van der Waals surface area contributed by atoms with Crippen LogP contribution in [0.3, 0.4) is 0 Å². The second kappa shape index (κ2) is 7.15. The fraction of sp³-hybridized carbons (Fsp3) is 0.350. The highest BCUT2D eigenvalue weighted by Gasteiger charge is 2.24. The van der Waals surface area contributed by atoms with Gasteiger partial charge in [0.15, 0.2) is 11.5 Å². The van der Waals surface area contributed by atoms with Gasteiger partial charge in [-0.15, -0.1) is 11.3 Å². The Bertz CT molecular complexity index is 1010. The van der Waals surface area contributed by atoms with E-state index in [0.717, 1.165) is 29.5 Å². The maximum Gasteiger partial charge on any atom is 0.337 e. The molecule has 0 N–H and O–H groups in total. The number of nitrogens with zero attached hydrogens (tertiary/aromatic N) is 2. The molecule has 0 saturated heterocycles. The summed E-state index contributed by atoms with van der Waals surface area (Å²) < 4.78 is 16.3. The minimum Gasteiger partial charge on any atom is -0.493 e. The lowest BCUT2D eigenvalue weighted by atomic mass is 9.89. The van der Waals surface area contributed by atoms with Gasteiger partial charge in [-0.05, 0) is 48.9 Å². The van der Waals surface area contributed by atoms with Gasteiger partial charge in [0.05, 0.1) is 25.2 Å². The van der Waals surface area contributed by atoms with E-state index in [1.165, 1.54) is 31.0 Å². The zero-order valence-electron chi connectivity index (χ0n) is 15.4. The van der Waals surface area contributed by atoms with Crippen LogP contribution in [-0.2, 0) is 17.6 Å². The number of rotatable bonds is 4. The molecule has 7 heteroatoms. The molecule has 3 aromatic rings. The van der Waals surface area contributed by atoms with E-state index >= 15 is 0 Å². The molecule has 0 fully saturated rings. The van der Waals surface area contributed by atoms with Crippen LogP contribution in [0.2, 0.25) is 0 Å². The number of hydrogen-bond donors (Lipinski definition) is 0. The molecule has 0 amide bonds. The van der Waals surface area contributed by atoms with Crippen molar-refractivity contribution in [2.75, 3.05) is 14.2 Å². The molecule has 0 aliphatic heterocycles. The van der Waals surface area contributed by atoms with Crippen LogP contribution in [0.1, 0.15) is 34.1 Å². The molecule has 0 spiro atoms. The maximum absolute atomic E-state index is 11.7. The summed E-state index contributed by atoms with van der Waals surface area (Å²) in [6, 6.07) is 4.94. The highest BCUT2D eigenvalue weighted by molar-refractivity contribution is 7.18. The molecule has 0 saturated carbocycles. The number of aromatic nitrogens is 2. The first-order valence-corrected chi connectivity index (χ1v) is 9.61. The normalized spacial score (nSPS) is 16.0. The zero-order chi connectivity index (χ0) is 19.0. The molecule has 140 valence electrons. The number of carbonyl (C=O) groups is 1. The largest absolute Gasteiger partial charge is 0.493 e. The Morgan fingerprint density at radius 1 is 1.22 bits per heavy atom. The molecular formula is C20H20N2O4S. The van der Waals surface area contributed by atoms with E-state index in [1.54, 1.807) is 29.5 Å². The van der Waals surface area contributed by atoms with Crippen molar-refractivity contribution >= 4 is 27.5 Å². The van der Waals surface area contributed by atoms with E-state index in [-0.39, 0.29) is 0 Å². The minimum absolute atomic E-state index is 0.399. The van der Waals surface area contributed by atoms with Gasteiger partial charge in [-0.3, -0.25) is 0 Å². The van der Waals surface area contributed by atoms with E-state index in [1.807, 2.05) is 0 Å². The third-order valence-corrected chi connectivity index (χ3v) is 6.01. The van der Waals surface area contributed by atoms with Gasteiger partial charge in [-0.2, -0.15) is 0 Å². The monoisotopic (exact) mass is 384 g/mol. The molecule has 4 rings (SSSR count). The predicted molar refractivity (Wildman–Crippen MR) is 103 cm³/mol. The summed E-state index contributed by atoms with van der Waals surface area (Å²) in [4.78, 5) is 22.9. The van der Waals surface area contributed by atoms with Crippen LogP contribution in [-0.4, -0.2) is 30.2 Å². The molecule has 1 atom stereocenters. The van der Waals surface area contributed by atoms with Crippen LogP contribution in [0.4, 0.5) is 0 Å². The van der Waals surface area contributed by atoms with Crippen LogP contribution < -0.4 is 9.47 Å². The van der Waals surface area contributed by atoms with Crippen molar-refractivity contribution in [2.24, 2.45) is 5.92 Å². The lowest BCUT2D eigenvalue weighted by Gasteiger charge is -2.18. The van der Waals surface area contributed by atoms with Gasteiger partial charge < -0.3 is 14.2 Å². The first-order chi connectivity index (χ1) is 13.1. The molecule has 1 aromatic carbocycles. The molecule has 1 aliphatic rings. The van der Waals surface area contributed by atoms with E-state index < -0.39 is 5.97 Å². The number of benzene rings is 1. The lowest BCUT2D eigenvalue weighted by Crippen LogP contribution is -2.08. The lowest BCUT2D eigenvalue weighted by molar-refractivity contribution is 0.0600. The van der Waals surface area contributed by atoms with Crippen LogP contribution in [0.5, 0.6) is 17.4 Å². The standard InChI is InChI=1S/C20H20N2O4S/c1-11-4-6-13-16(8-11)27-19-17(13)18(21-10-22-19)26-14-7-5-12(20(23)25-3)9-15(14)24-2/h5,7,9-11H,4,6,8H2,1-3H3/t11-/m1/s1. The van der Waals surface area contributed by atoms with Crippen molar-refractivity contribution in [3.8, 4) is 17.4 Å². The van der Waals surface area contributed by atoms with E-state index in [4.69, 9.17) is 14.2 Å². The number of ether oxygens (including phenoxy) is 3. The summed E-state index contributed by atoms with van der Waals surface area (Å²) in [6.45, 7) is 2.28.